The molecule has 0 amide bonds. The second-order valence-electron chi connectivity index (χ2n) is 4.47. The van der Waals surface area contributed by atoms with Gasteiger partial charge in [-0.05, 0) is 23.4 Å². The first-order valence-electron chi connectivity index (χ1n) is 6.81. The molecule has 0 atom stereocenters. The Balaban J connectivity index is 2.32. The van der Waals surface area contributed by atoms with Crippen LogP contribution in [0.2, 0.25) is 0 Å². The zero-order valence-electron chi connectivity index (χ0n) is 11.4. The lowest BCUT2D eigenvalue weighted by molar-refractivity contribution is 0.232. The molecule has 19 heavy (non-hydrogen) atoms. The molecule has 0 fully saturated rings. The minimum Gasteiger partial charge on any atom is -0.493 e. The zero-order chi connectivity index (χ0) is 13.5. The van der Waals surface area contributed by atoms with Crippen molar-refractivity contribution in [3.63, 3.8) is 0 Å². The molecule has 0 aliphatic heterocycles. The number of hydrogen-bond acceptors (Lipinski definition) is 3. The van der Waals surface area contributed by atoms with Gasteiger partial charge < -0.3 is 15.2 Å². The topological polar surface area (TPSA) is 41.5 Å². The van der Waals surface area contributed by atoms with E-state index in [2.05, 4.69) is 36.5 Å². The zero-order valence-corrected chi connectivity index (χ0v) is 11.4. The van der Waals surface area contributed by atoms with E-state index in [1.54, 1.807) is 0 Å². The van der Waals surface area contributed by atoms with Gasteiger partial charge >= 0.3 is 0 Å². The molecule has 3 nitrogen and oxygen atoms in total. The van der Waals surface area contributed by atoms with Gasteiger partial charge in [0.15, 0.2) is 0 Å². The molecule has 0 saturated heterocycles. The van der Waals surface area contributed by atoms with Crippen LogP contribution in [0.3, 0.4) is 0 Å². The first-order valence-corrected chi connectivity index (χ1v) is 6.81. The number of aliphatic hydroxyl groups is 1. The van der Waals surface area contributed by atoms with Crippen LogP contribution in [0.15, 0.2) is 36.4 Å². The standard InChI is InChI=1S/C16H21NO2/c1-2-17-12-15-14-7-4-3-6-13(14)8-9-16(15)19-11-5-10-18/h3-4,6-9,17-18H,2,5,10-12H2,1H3. The average molecular weight is 259 g/mol. The van der Waals surface area contributed by atoms with Gasteiger partial charge in [0, 0.05) is 25.1 Å². The number of ether oxygens (including phenoxy) is 1. The van der Waals surface area contributed by atoms with Gasteiger partial charge in [-0.3, -0.25) is 0 Å². The van der Waals surface area contributed by atoms with Gasteiger partial charge in [0.1, 0.15) is 5.75 Å². The van der Waals surface area contributed by atoms with Crippen molar-refractivity contribution in [1.82, 2.24) is 5.32 Å². The van der Waals surface area contributed by atoms with Gasteiger partial charge in [-0.25, -0.2) is 0 Å². The smallest absolute Gasteiger partial charge is 0.124 e. The fourth-order valence-electron chi connectivity index (χ4n) is 2.13. The number of benzene rings is 2. The summed E-state index contributed by atoms with van der Waals surface area (Å²) in [5.41, 5.74) is 1.19. The van der Waals surface area contributed by atoms with Crippen LogP contribution >= 0.6 is 0 Å². The molecule has 0 spiro atoms. The monoisotopic (exact) mass is 259 g/mol. The average Bonchev–Trinajstić information content (AvgIpc) is 2.46. The molecule has 0 radical (unpaired) electrons. The number of fused-ring (bicyclic) bond motifs is 1. The van der Waals surface area contributed by atoms with E-state index in [9.17, 15) is 0 Å². The molecule has 0 aromatic heterocycles. The van der Waals surface area contributed by atoms with Crippen molar-refractivity contribution >= 4 is 10.8 Å². The molecule has 2 N–H and O–H groups in total. The van der Waals surface area contributed by atoms with Crippen LogP contribution in [-0.2, 0) is 6.54 Å². The third-order valence-electron chi connectivity index (χ3n) is 3.11. The SMILES string of the molecule is CCNCc1c(OCCCO)ccc2ccccc12. The Labute approximate surface area is 114 Å². The van der Waals surface area contributed by atoms with E-state index in [4.69, 9.17) is 9.84 Å². The van der Waals surface area contributed by atoms with Crippen molar-refractivity contribution < 1.29 is 9.84 Å². The molecule has 0 heterocycles. The van der Waals surface area contributed by atoms with E-state index in [1.165, 1.54) is 16.3 Å². The largest absolute Gasteiger partial charge is 0.493 e. The summed E-state index contributed by atoms with van der Waals surface area (Å²) in [6, 6.07) is 12.4. The maximum Gasteiger partial charge on any atom is 0.124 e. The third-order valence-corrected chi connectivity index (χ3v) is 3.11. The maximum atomic E-state index is 8.83. The minimum atomic E-state index is 0.163. The fourth-order valence-corrected chi connectivity index (χ4v) is 2.13. The molecule has 0 aliphatic rings. The lowest BCUT2D eigenvalue weighted by atomic mass is 10.0. The molecule has 0 aliphatic carbocycles. The van der Waals surface area contributed by atoms with Crippen LogP contribution in [-0.4, -0.2) is 24.9 Å². The van der Waals surface area contributed by atoms with Gasteiger partial charge in [0.05, 0.1) is 6.61 Å². The lowest BCUT2D eigenvalue weighted by Crippen LogP contribution is -2.13. The quantitative estimate of drug-likeness (QED) is 0.751. The van der Waals surface area contributed by atoms with Crippen molar-refractivity contribution in [2.75, 3.05) is 19.8 Å². The molecule has 2 aromatic carbocycles. The highest BCUT2D eigenvalue weighted by Crippen LogP contribution is 2.28. The van der Waals surface area contributed by atoms with E-state index in [1.807, 2.05) is 12.1 Å². The van der Waals surface area contributed by atoms with Crippen LogP contribution in [0.5, 0.6) is 5.75 Å². The van der Waals surface area contributed by atoms with Crippen LogP contribution in [0, 0.1) is 0 Å². The van der Waals surface area contributed by atoms with Crippen LogP contribution in [0.25, 0.3) is 10.8 Å². The second-order valence-corrected chi connectivity index (χ2v) is 4.47. The summed E-state index contributed by atoms with van der Waals surface area (Å²) in [5, 5.41) is 14.6. The van der Waals surface area contributed by atoms with Crippen molar-refractivity contribution in [3.05, 3.63) is 42.0 Å². The number of hydrogen-bond donors (Lipinski definition) is 2. The van der Waals surface area contributed by atoms with Crippen LogP contribution in [0.1, 0.15) is 18.9 Å². The molecule has 3 heteroatoms. The maximum absolute atomic E-state index is 8.83. The summed E-state index contributed by atoms with van der Waals surface area (Å²) in [7, 11) is 0. The van der Waals surface area contributed by atoms with Crippen molar-refractivity contribution in [3.8, 4) is 5.75 Å². The fraction of sp³-hybridized carbons (Fsp3) is 0.375. The lowest BCUT2D eigenvalue weighted by Gasteiger charge is -2.14. The van der Waals surface area contributed by atoms with E-state index < -0.39 is 0 Å². The third kappa shape index (κ3) is 3.46. The predicted octanol–water partition coefficient (Wildman–Crippen LogP) is 2.71. The molecule has 2 aromatic rings. The van der Waals surface area contributed by atoms with Gasteiger partial charge in [-0.2, -0.15) is 0 Å². The van der Waals surface area contributed by atoms with Crippen LogP contribution in [0.4, 0.5) is 0 Å². The van der Waals surface area contributed by atoms with Gasteiger partial charge in [0.25, 0.3) is 0 Å². The Morgan fingerprint density at radius 1 is 1.16 bits per heavy atom. The highest BCUT2D eigenvalue weighted by Gasteiger charge is 2.08. The summed E-state index contributed by atoms with van der Waals surface area (Å²) in [6.07, 6.45) is 0.660. The van der Waals surface area contributed by atoms with Gasteiger partial charge in [0.2, 0.25) is 0 Å². The summed E-state index contributed by atoms with van der Waals surface area (Å²) < 4.78 is 5.78. The molecule has 2 rings (SSSR count). The first kappa shape index (κ1) is 13.8. The molecule has 102 valence electrons. The van der Waals surface area contributed by atoms with E-state index in [-0.39, 0.29) is 6.61 Å². The van der Waals surface area contributed by atoms with Gasteiger partial charge in [-0.15, -0.1) is 0 Å². The second kappa shape index (κ2) is 7.12. The van der Waals surface area contributed by atoms with E-state index >= 15 is 0 Å². The summed E-state index contributed by atoms with van der Waals surface area (Å²) in [5.74, 6) is 0.910. The molecular weight excluding hydrogens is 238 g/mol. The minimum absolute atomic E-state index is 0.163. The van der Waals surface area contributed by atoms with Crippen molar-refractivity contribution in [2.45, 2.75) is 19.9 Å². The normalized spacial score (nSPS) is 10.8. The summed E-state index contributed by atoms with van der Waals surface area (Å²) >= 11 is 0. The highest BCUT2D eigenvalue weighted by molar-refractivity contribution is 5.87. The Bertz CT molecular complexity index is 525. The van der Waals surface area contributed by atoms with Crippen molar-refractivity contribution in [2.24, 2.45) is 0 Å². The van der Waals surface area contributed by atoms with Gasteiger partial charge in [-0.1, -0.05) is 37.3 Å². The number of rotatable bonds is 7. The molecular formula is C16H21NO2. The first-order chi connectivity index (χ1) is 9.36. The van der Waals surface area contributed by atoms with E-state index in [0.717, 1.165) is 18.8 Å². The highest BCUT2D eigenvalue weighted by atomic mass is 16.5. The van der Waals surface area contributed by atoms with E-state index in [0.29, 0.717) is 13.0 Å². The molecule has 0 saturated carbocycles. The number of aliphatic hydroxyl groups excluding tert-OH is 1. The summed E-state index contributed by atoms with van der Waals surface area (Å²) in [6.45, 7) is 4.53. The van der Waals surface area contributed by atoms with Crippen molar-refractivity contribution in [1.29, 1.82) is 0 Å². The summed E-state index contributed by atoms with van der Waals surface area (Å²) in [4.78, 5) is 0. The predicted molar refractivity (Wildman–Crippen MR) is 78.5 cm³/mol. The Kier molecular flexibility index (Phi) is 5.19. The molecule has 0 unspecified atom stereocenters. The Morgan fingerprint density at radius 3 is 2.79 bits per heavy atom. The Hall–Kier alpha value is -1.58. The molecule has 0 bridgehead atoms. The number of nitrogens with one attached hydrogen (secondary N) is 1. The van der Waals surface area contributed by atoms with Crippen LogP contribution < -0.4 is 10.1 Å². The Morgan fingerprint density at radius 2 is 2.00 bits per heavy atom.